The van der Waals surface area contributed by atoms with Crippen molar-refractivity contribution in [1.82, 2.24) is 9.62 Å². The van der Waals surface area contributed by atoms with Crippen LogP contribution in [0.15, 0.2) is 29.2 Å². The normalized spacial score (nSPS) is 28.3. The first-order chi connectivity index (χ1) is 9.05. The molecule has 104 valence electrons. The summed E-state index contributed by atoms with van der Waals surface area (Å²) in [6.07, 6.45) is 3.19. The standard InChI is InChI=1S/C14H20N2O2S/c1-11-3-2-4-14(9-11)19(17,18)16-8-7-12-5-6-13(10-16)15-12/h2-4,9,12-13,15H,5-8,10H2,1H3. The van der Waals surface area contributed by atoms with E-state index in [0.29, 0.717) is 30.1 Å². The van der Waals surface area contributed by atoms with Crippen molar-refractivity contribution in [2.24, 2.45) is 0 Å². The van der Waals surface area contributed by atoms with Crippen molar-refractivity contribution in [2.45, 2.75) is 43.2 Å². The SMILES string of the molecule is Cc1cccc(S(=O)(=O)N2CCC3CCC(C2)N3)c1. The first-order valence-corrected chi connectivity index (χ1v) is 8.32. The largest absolute Gasteiger partial charge is 0.310 e. The quantitative estimate of drug-likeness (QED) is 0.893. The van der Waals surface area contributed by atoms with Crippen molar-refractivity contribution >= 4 is 10.0 Å². The molecular formula is C14H20N2O2S. The second kappa shape index (κ2) is 4.89. The van der Waals surface area contributed by atoms with Crippen LogP contribution in [-0.2, 0) is 10.0 Å². The number of nitrogens with zero attached hydrogens (tertiary/aromatic N) is 1. The molecule has 2 aliphatic heterocycles. The van der Waals surface area contributed by atoms with Gasteiger partial charge in [0, 0.05) is 25.2 Å². The average molecular weight is 280 g/mol. The Labute approximate surface area is 114 Å². The summed E-state index contributed by atoms with van der Waals surface area (Å²) in [4.78, 5) is 0.422. The maximum Gasteiger partial charge on any atom is 0.243 e. The molecule has 2 bridgehead atoms. The predicted molar refractivity (Wildman–Crippen MR) is 74.5 cm³/mol. The Morgan fingerprint density at radius 1 is 1.21 bits per heavy atom. The fourth-order valence-electron chi connectivity index (χ4n) is 3.05. The first kappa shape index (κ1) is 13.1. The molecule has 0 aliphatic carbocycles. The lowest BCUT2D eigenvalue weighted by atomic mass is 10.1. The van der Waals surface area contributed by atoms with Crippen molar-refractivity contribution in [3.05, 3.63) is 29.8 Å². The molecule has 0 amide bonds. The first-order valence-electron chi connectivity index (χ1n) is 6.88. The van der Waals surface area contributed by atoms with Gasteiger partial charge in [0.25, 0.3) is 0 Å². The lowest BCUT2D eigenvalue weighted by molar-refractivity contribution is 0.383. The minimum absolute atomic E-state index is 0.326. The van der Waals surface area contributed by atoms with Crippen LogP contribution in [0.25, 0.3) is 0 Å². The molecule has 3 rings (SSSR count). The second-order valence-electron chi connectivity index (χ2n) is 5.61. The van der Waals surface area contributed by atoms with Gasteiger partial charge in [-0.1, -0.05) is 12.1 Å². The van der Waals surface area contributed by atoms with Crippen LogP contribution in [-0.4, -0.2) is 37.9 Å². The van der Waals surface area contributed by atoms with E-state index in [9.17, 15) is 8.42 Å². The van der Waals surface area contributed by atoms with Crippen LogP contribution in [0.4, 0.5) is 0 Å². The lowest BCUT2D eigenvalue weighted by Gasteiger charge is -2.23. The van der Waals surface area contributed by atoms with Crippen LogP contribution in [0.2, 0.25) is 0 Å². The fraction of sp³-hybridized carbons (Fsp3) is 0.571. The Hall–Kier alpha value is -0.910. The summed E-state index contributed by atoms with van der Waals surface area (Å²) >= 11 is 0. The van der Waals surface area contributed by atoms with Gasteiger partial charge in [0.15, 0.2) is 0 Å². The highest BCUT2D eigenvalue weighted by molar-refractivity contribution is 7.89. The number of hydrogen-bond donors (Lipinski definition) is 1. The summed E-state index contributed by atoms with van der Waals surface area (Å²) in [7, 11) is -3.34. The summed E-state index contributed by atoms with van der Waals surface area (Å²) in [6.45, 7) is 3.15. The van der Waals surface area contributed by atoms with Crippen LogP contribution in [0.3, 0.4) is 0 Å². The van der Waals surface area contributed by atoms with Gasteiger partial charge < -0.3 is 5.32 Å². The molecule has 2 saturated heterocycles. The molecule has 2 aliphatic rings. The summed E-state index contributed by atoms with van der Waals surface area (Å²) in [5, 5.41) is 3.51. The number of rotatable bonds is 2. The van der Waals surface area contributed by atoms with E-state index in [1.54, 1.807) is 16.4 Å². The summed E-state index contributed by atoms with van der Waals surface area (Å²) in [6, 6.07) is 8.01. The highest BCUT2D eigenvalue weighted by atomic mass is 32.2. The highest BCUT2D eigenvalue weighted by Gasteiger charge is 2.34. The molecule has 1 N–H and O–H groups in total. The van der Waals surface area contributed by atoms with Gasteiger partial charge >= 0.3 is 0 Å². The zero-order chi connectivity index (χ0) is 13.5. The smallest absolute Gasteiger partial charge is 0.243 e. The van der Waals surface area contributed by atoms with Gasteiger partial charge in [0.05, 0.1) is 4.90 Å². The molecule has 0 aromatic heterocycles. The van der Waals surface area contributed by atoms with Crippen molar-refractivity contribution in [2.75, 3.05) is 13.1 Å². The number of aryl methyl sites for hydroxylation is 1. The Kier molecular flexibility index (Phi) is 3.37. The summed E-state index contributed by atoms with van der Waals surface area (Å²) in [5.74, 6) is 0. The molecule has 2 unspecified atom stereocenters. The topological polar surface area (TPSA) is 49.4 Å². The molecule has 2 heterocycles. The fourth-order valence-corrected chi connectivity index (χ4v) is 4.66. The third kappa shape index (κ3) is 2.55. The zero-order valence-electron chi connectivity index (χ0n) is 11.2. The molecule has 0 saturated carbocycles. The third-order valence-electron chi connectivity index (χ3n) is 4.11. The van der Waals surface area contributed by atoms with Gasteiger partial charge in [-0.2, -0.15) is 4.31 Å². The van der Waals surface area contributed by atoms with Gasteiger partial charge in [0.1, 0.15) is 0 Å². The monoisotopic (exact) mass is 280 g/mol. The van der Waals surface area contributed by atoms with Crippen molar-refractivity contribution in [3.8, 4) is 0 Å². The van der Waals surface area contributed by atoms with Crippen molar-refractivity contribution < 1.29 is 8.42 Å². The molecule has 2 atom stereocenters. The molecule has 2 fully saturated rings. The van der Waals surface area contributed by atoms with Crippen LogP contribution in [0.1, 0.15) is 24.8 Å². The van der Waals surface area contributed by atoms with Gasteiger partial charge in [-0.3, -0.25) is 0 Å². The Balaban J connectivity index is 1.88. The van der Waals surface area contributed by atoms with E-state index in [4.69, 9.17) is 0 Å². The van der Waals surface area contributed by atoms with E-state index in [1.165, 1.54) is 6.42 Å². The van der Waals surface area contributed by atoms with E-state index >= 15 is 0 Å². The number of benzene rings is 1. The van der Waals surface area contributed by atoms with E-state index in [0.717, 1.165) is 18.4 Å². The van der Waals surface area contributed by atoms with Crippen LogP contribution < -0.4 is 5.32 Å². The van der Waals surface area contributed by atoms with Crippen LogP contribution in [0.5, 0.6) is 0 Å². The summed E-state index contributed by atoms with van der Waals surface area (Å²) in [5.41, 5.74) is 0.982. The molecule has 0 spiro atoms. The molecular weight excluding hydrogens is 260 g/mol. The number of nitrogens with one attached hydrogen (secondary N) is 1. The zero-order valence-corrected chi connectivity index (χ0v) is 12.0. The van der Waals surface area contributed by atoms with Gasteiger partial charge in [-0.25, -0.2) is 8.42 Å². The molecule has 0 radical (unpaired) electrons. The highest BCUT2D eigenvalue weighted by Crippen LogP contribution is 2.25. The Morgan fingerprint density at radius 2 is 2.00 bits per heavy atom. The van der Waals surface area contributed by atoms with Crippen molar-refractivity contribution in [1.29, 1.82) is 0 Å². The van der Waals surface area contributed by atoms with E-state index in [2.05, 4.69) is 5.32 Å². The minimum Gasteiger partial charge on any atom is -0.310 e. The summed E-state index contributed by atoms with van der Waals surface area (Å²) < 4.78 is 27.0. The maximum atomic E-state index is 12.7. The average Bonchev–Trinajstić information content (AvgIpc) is 2.68. The number of fused-ring (bicyclic) bond motifs is 2. The Bertz CT molecular complexity index is 571. The van der Waals surface area contributed by atoms with Gasteiger partial charge in [-0.05, 0) is 43.9 Å². The predicted octanol–water partition coefficient (Wildman–Crippen LogP) is 1.51. The van der Waals surface area contributed by atoms with E-state index in [-0.39, 0.29) is 0 Å². The second-order valence-corrected chi connectivity index (χ2v) is 7.54. The molecule has 19 heavy (non-hydrogen) atoms. The van der Waals surface area contributed by atoms with Gasteiger partial charge in [-0.15, -0.1) is 0 Å². The number of sulfonamides is 1. The van der Waals surface area contributed by atoms with E-state index in [1.807, 2.05) is 19.1 Å². The maximum absolute atomic E-state index is 12.7. The van der Waals surface area contributed by atoms with Crippen molar-refractivity contribution in [3.63, 3.8) is 0 Å². The minimum atomic E-state index is -3.34. The Morgan fingerprint density at radius 3 is 2.79 bits per heavy atom. The van der Waals surface area contributed by atoms with Gasteiger partial charge in [0.2, 0.25) is 10.0 Å². The van der Waals surface area contributed by atoms with E-state index < -0.39 is 10.0 Å². The molecule has 1 aromatic rings. The molecule has 1 aromatic carbocycles. The third-order valence-corrected chi connectivity index (χ3v) is 5.97. The van der Waals surface area contributed by atoms with Crippen LogP contribution in [0, 0.1) is 6.92 Å². The van der Waals surface area contributed by atoms with Crippen LogP contribution >= 0.6 is 0 Å². The molecule has 4 nitrogen and oxygen atoms in total. The number of hydrogen-bond acceptors (Lipinski definition) is 3. The molecule has 5 heteroatoms. The lowest BCUT2D eigenvalue weighted by Crippen LogP contribution is -2.39.